The lowest BCUT2D eigenvalue weighted by molar-refractivity contribution is -0.162. The largest absolute Gasteiger partial charge is 0.433 e. The third-order valence-electron chi connectivity index (χ3n) is 5.57. The second kappa shape index (κ2) is 10.6. The summed E-state index contributed by atoms with van der Waals surface area (Å²) < 4.78 is 74.9. The third kappa shape index (κ3) is 6.51. The van der Waals surface area contributed by atoms with E-state index in [1.165, 1.54) is 17.0 Å². The van der Waals surface area contributed by atoms with E-state index in [1.54, 1.807) is 0 Å². The lowest BCUT2D eigenvalue weighted by Gasteiger charge is -2.41. The Morgan fingerprint density at radius 2 is 2.06 bits per heavy atom. The summed E-state index contributed by atoms with van der Waals surface area (Å²) in [6.45, 7) is -4.67. The summed E-state index contributed by atoms with van der Waals surface area (Å²) in [5.74, 6) is -1.69. The van der Waals surface area contributed by atoms with Crippen LogP contribution in [0.25, 0.3) is 0 Å². The molecule has 3 N–H and O–H groups in total. The maximum atomic E-state index is 13.1. The van der Waals surface area contributed by atoms with Crippen molar-refractivity contribution in [3.05, 3.63) is 18.2 Å². The van der Waals surface area contributed by atoms with Gasteiger partial charge in [-0.25, -0.2) is 0 Å². The minimum Gasteiger partial charge on any atom is -0.433 e. The molecule has 13 heteroatoms. The summed E-state index contributed by atoms with van der Waals surface area (Å²) in [6, 6.07) is 2.04. The molecule has 1 saturated carbocycles. The average Bonchev–Trinajstić information content (AvgIpc) is 2.67. The first-order chi connectivity index (χ1) is 15.6. The van der Waals surface area contributed by atoms with Crippen molar-refractivity contribution in [3.63, 3.8) is 0 Å². The molecule has 1 aliphatic heterocycles. The highest BCUT2D eigenvalue weighted by Crippen LogP contribution is 2.34. The van der Waals surface area contributed by atoms with Crippen LogP contribution in [-0.2, 0) is 14.3 Å². The van der Waals surface area contributed by atoms with Crippen LogP contribution in [0, 0.1) is 0 Å². The Labute approximate surface area is 186 Å². The molecular formula is C20H25F5N4O4. The van der Waals surface area contributed by atoms with Gasteiger partial charge in [0.1, 0.15) is 12.6 Å². The van der Waals surface area contributed by atoms with Gasteiger partial charge in [-0.2, -0.15) is 22.0 Å². The van der Waals surface area contributed by atoms with E-state index < -0.39 is 49.6 Å². The molecule has 0 bridgehead atoms. The maximum absolute atomic E-state index is 13.1. The molecule has 0 unspecified atom stereocenters. The standard InChI is InChI=1S/C20H25F5N4O4/c21-19(22)33-16-8-13(28-6-7-32-10-17(28)30)4-5-14(16)27-18(31)15(9-26)29(11-20(23,24)25)12-2-1-3-12/h4-5,8,12,15,19H,1-3,6-7,9-11,26H2,(H,27,31)/t15-/m0/s1. The van der Waals surface area contributed by atoms with Gasteiger partial charge in [0, 0.05) is 30.9 Å². The van der Waals surface area contributed by atoms with Gasteiger partial charge < -0.3 is 25.4 Å². The van der Waals surface area contributed by atoms with Gasteiger partial charge in [0.15, 0.2) is 5.75 Å². The number of alkyl halides is 5. The molecule has 1 heterocycles. The summed E-state index contributed by atoms with van der Waals surface area (Å²) in [6.07, 6.45) is -2.80. The fraction of sp³-hybridized carbons (Fsp3) is 0.600. The Morgan fingerprint density at radius 3 is 2.61 bits per heavy atom. The molecule has 8 nitrogen and oxygen atoms in total. The van der Waals surface area contributed by atoms with Crippen LogP contribution in [0.4, 0.5) is 33.3 Å². The lowest BCUT2D eigenvalue weighted by atomic mass is 9.90. The van der Waals surface area contributed by atoms with E-state index in [4.69, 9.17) is 10.5 Å². The summed E-state index contributed by atoms with van der Waals surface area (Å²) in [7, 11) is 0. The Bertz CT molecular complexity index is 850. The molecule has 184 valence electrons. The number of amides is 2. The molecular weight excluding hydrogens is 455 g/mol. The van der Waals surface area contributed by atoms with Crippen LogP contribution < -0.4 is 20.7 Å². The molecule has 0 spiro atoms. The van der Waals surface area contributed by atoms with Gasteiger partial charge >= 0.3 is 12.8 Å². The zero-order chi connectivity index (χ0) is 24.2. The van der Waals surface area contributed by atoms with Crippen LogP contribution in [0.3, 0.4) is 0 Å². The molecule has 2 amide bonds. The lowest BCUT2D eigenvalue weighted by Crippen LogP contribution is -2.57. The number of carbonyl (C=O) groups excluding carboxylic acids is 2. The summed E-state index contributed by atoms with van der Waals surface area (Å²) in [5.41, 5.74) is 5.72. The molecule has 1 aromatic rings. The van der Waals surface area contributed by atoms with E-state index >= 15 is 0 Å². The first kappa shape index (κ1) is 25.1. The predicted molar refractivity (Wildman–Crippen MR) is 108 cm³/mol. The van der Waals surface area contributed by atoms with E-state index in [9.17, 15) is 31.5 Å². The molecule has 3 rings (SSSR count). The molecule has 1 atom stereocenters. The zero-order valence-electron chi connectivity index (χ0n) is 17.6. The Kier molecular flexibility index (Phi) is 8.08. The smallest absolute Gasteiger partial charge is 0.401 e. The predicted octanol–water partition coefficient (Wildman–Crippen LogP) is 2.33. The van der Waals surface area contributed by atoms with Crippen LogP contribution in [-0.4, -0.2) is 74.4 Å². The van der Waals surface area contributed by atoms with Crippen molar-refractivity contribution < 1.29 is 41.0 Å². The minimum atomic E-state index is -4.54. The van der Waals surface area contributed by atoms with Gasteiger partial charge in [-0.15, -0.1) is 0 Å². The number of morpholine rings is 1. The van der Waals surface area contributed by atoms with Crippen LogP contribution in [0.5, 0.6) is 5.75 Å². The van der Waals surface area contributed by atoms with Crippen molar-refractivity contribution in [3.8, 4) is 5.75 Å². The van der Waals surface area contributed by atoms with Crippen molar-refractivity contribution in [2.45, 2.75) is 44.1 Å². The highest BCUT2D eigenvalue weighted by Gasteiger charge is 2.41. The Hall–Kier alpha value is -2.51. The molecule has 1 saturated heterocycles. The first-order valence-electron chi connectivity index (χ1n) is 10.4. The van der Waals surface area contributed by atoms with E-state index in [-0.39, 0.29) is 37.0 Å². The molecule has 1 aromatic carbocycles. The van der Waals surface area contributed by atoms with Crippen molar-refractivity contribution in [2.75, 3.05) is 43.1 Å². The van der Waals surface area contributed by atoms with E-state index in [0.29, 0.717) is 12.8 Å². The van der Waals surface area contributed by atoms with Gasteiger partial charge in [-0.05, 0) is 25.0 Å². The number of hydrogen-bond acceptors (Lipinski definition) is 6. The SMILES string of the molecule is NC[C@@H](C(=O)Nc1ccc(N2CCOCC2=O)cc1OC(F)F)N(CC(F)(F)F)C1CCC1. The van der Waals surface area contributed by atoms with Crippen LogP contribution in [0.15, 0.2) is 18.2 Å². The molecule has 0 radical (unpaired) electrons. The van der Waals surface area contributed by atoms with Crippen LogP contribution >= 0.6 is 0 Å². The Balaban J connectivity index is 1.83. The van der Waals surface area contributed by atoms with Crippen LogP contribution in [0.2, 0.25) is 0 Å². The van der Waals surface area contributed by atoms with Gasteiger partial charge in [-0.3, -0.25) is 14.5 Å². The zero-order valence-corrected chi connectivity index (χ0v) is 17.6. The molecule has 2 aliphatic rings. The van der Waals surface area contributed by atoms with Gasteiger partial charge in [0.05, 0.1) is 18.8 Å². The van der Waals surface area contributed by atoms with Gasteiger partial charge in [-0.1, -0.05) is 6.42 Å². The number of ether oxygens (including phenoxy) is 2. The van der Waals surface area contributed by atoms with Crippen molar-refractivity contribution in [2.24, 2.45) is 5.73 Å². The number of rotatable bonds is 9. The van der Waals surface area contributed by atoms with E-state index in [1.807, 2.05) is 0 Å². The number of nitrogens with zero attached hydrogens (tertiary/aromatic N) is 2. The number of halogens is 5. The number of nitrogens with one attached hydrogen (secondary N) is 1. The number of anilines is 2. The highest BCUT2D eigenvalue weighted by molar-refractivity contribution is 5.98. The van der Waals surface area contributed by atoms with E-state index in [0.717, 1.165) is 17.4 Å². The Morgan fingerprint density at radius 1 is 1.33 bits per heavy atom. The quantitative estimate of drug-likeness (QED) is 0.527. The summed E-state index contributed by atoms with van der Waals surface area (Å²) in [4.78, 5) is 27.2. The summed E-state index contributed by atoms with van der Waals surface area (Å²) in [5, 5.41) is 2.36. The molecule has 33 heavy (non-hydrogen) atoms. The topological polar surface area (TPSA) is 97.1 Å². The second-order valence-electron chi connectivity index (χ2n) is 7.77. The fourth-order valence-corrected chi connectivity index (χ4v) is 3.79. The molecule has 0 aromatic heterocycles. The average molecular weight is 480 g/mol. The number of carbonyl (C=O) groups is 2. The van der Waals surface area contributed by atoms with Gasteiger partial charge in [0.25, 0.3) is 5.91 Å². The third-order valence-corrected chi connectivity index (χ3v) is 5.57. The highest BCUT2D eigenvalue weighted by atomic mass is 19.4. The number of hydrogen-bond donors (Lipinski definition) is 2. The van der Waals surface area contributed by atoms with E-state index in [2.05, 4.69) is 10.1 Å². The monoisotopic (exact) mass is 480 g/mol. The van der Waals surface area contributed by atoms with Crippen molar-refractivity contribution in [1.82, 2.24) is 4.90 Å². The fourth-order valence-electron chi connectivity index (χ4n) is 3.79. The molecule has 2 fully saturated rings. The maximum Gasteiger partial charge on any atom is 0.401 e. The van der Waals surface area contributed by atoms with Crippen molar-refractivity contribution >= 4 is 23.2 Å². The summed E-state index contributed by atoms with van der Waals surface area (Å²) >= 11 is 0. The van der Waals surface area contributed by atoms with Crippen LogP contribution in [0.1, 0.15) is 19.3 Å². The minimum absolute atomic E-state index is 0.169. The second-order valence-corrected chi connectivity index (χ2v) is 7.77. The molecule has 1 aliphatic carbocycles. The first-order valence-corrected chi connectivity index (χ1v) is 10.4. The normalized spacial score (nSPS) is 18.4. The van der Waals surface area contributed by atoms with Crippen molar-refractivity contribution in [1.29, 1.82) is 0 Å². The number of benzene rings is 1. The van der Waals surface area contributed by atoms with Gasteiger partial charge in [0.2, 0.25) is 5.91 Å². The number of nitrogens with two attached hydrogens (primary N) is 1.